The van der Waals surface area contributed by atoms with Crippen molar-refractivity contribution in [3.8, 4) is 0 Å². The van der Waals surface area contributed by atoms with Crippen LogP contribution in [0, 0.1) is 11.2 Å². The second-order valence-electron chi connectivity index (χ2n) is 9.20. The summed E-state index contributed by atoms with van der Waals surface area (Å²) in [4.78, 5) is 30.7. The largest absolute Gasteiger partial charge is 0.396 e. The summed E-state index contributed by atoms with van der Waals surface area (Å²) < 4.78 is 13.3. The molecule has 0 saturated carbocycles. The third-order valence-corrected chi connectivity index (χ3v) is 7.05. The van der Waals surface area contributed by atoms with E-state index in [0.717, 1.165) is 25.9 Å². The van der Waals surface area contributed by atoms with Crippen molar-refractivity contribution in [3.05, 3.63) is 40.7 Å². The number of nitrogens with zero attached hydrogens (tertiary/aromatic N) is 3. The van der Waals surface area contributed by atoms with Crippen molar-refractivity contribution in [1.82, 2.24) is 14.7 Å². The second kappa shape index (κ2) is 11.4. The molecule has 1 aromatic carbocycles. The van der Waals surface area contributed by atoms with Crippen LogP contribution in [0.3, 0.4) is 0 Å². The first-order valence-corrected chi connectivity index (χ1v) is 11.8. The number of piperidine rings is 1. The molecule has 2 amide bonds. The number of carbonyl (C=O) groups excluding carboxylic acids is 2. The normalized spacial score (nSPS) is 25.0. The van der Waals surface area contributed by atoms with Crippen molar-refractivity contribution in [2.75, 3.05) is 52.4 Å². The molecule has 0 spiro atoms. The molecule has 0 unspecified atom stereocenters. The van der Waals surface area contributed by atoms with Gasteiger partial charge in [-0.1, -0.05) is 24.6 Å². The van der Waals surface area contributed by atoms with E-state index in [1.165, 1.54) is 18.2 Å². The number of aliphatic hydroxyl groups excluding tert-OH is 2. The van der Waals surface area contributed by atoms with Crippen molar-refractivity contribution >= 4 is 29.5 Å². The van der Waals surface area contributed by atoms with Crippen LogP contribution in [-0.4, -0.2) is 95.3 Å². The van der Waals surface area contributed by atoms with Gasteiger partial charge in [-0.25, -0.2) is 4.39 Å². The molecule has 0 aromatic heterocycles. The third-order valence-electron chi connectivity index (χ3n) is 6.76. The van der Waals surface area contributed by atoms with Crippen LogP contribution in [0.25, 0.3) is 6.08 Å². The Balaban J connectivity index is 1.45. The highest BCUT2D eigenvalue weighted by Gasteiger charge is 2.37. The quantitative estimate of drug-likeness (QED) is 0.582. The van der Waals surface area contributed by atoms with E-state index in [9.17, 15) is 24.2 Å². The molecule has 2 N–H and O–H groups in total. The van der Waals surface area contributed by atoms with Crippen molar-refractivity contribution in [1.29, 1.82) is 0 Å². The Morgan fingerprint density at radius 3 is 2.76 bits per heavy atom. The first-order chi connectivity index (χ1) is 15.7. The van der Waals surface area contributed by atoms with Crippen LogP contribution in [-0.2, 0) is 9.59 Å². The van der Waals surface area contributed by atoms with Gasteiger partial charge in [-0.15, -0.1) is 0 Å². The Labute approximate surface area is 199 Å². The fourth-order valence-electron chi connectivity index (χ4n) is 4.22. The van der Waals surface area contributed by atoms with Gasteiger partial charge < -0.3 is 24.9 Å². The van der Waals surface area contributed by atoms with Gasteiger partial charge in [0.15, 0.2) is 0 Å². The van der Waals surface area contributed by atoms with E-state index >= 15 is 0 Å². The lowest BCUT2D eigenvalue weighted by Crippen LogP contribution is -2.51. The predicted molar refractivity (Wildman–Crippen MR) is 125 cm³/mol. The highest BCUT2D eigenvalue weighted by Crippen LogP contribution is 2.30. The van der Waals surface area contributed by atoms with Crippen LogP contribution in [0.5, 0.6) is 0 Å². The molecular formula is C24H33ClFN3O4. The summed E-state index contributed by atoms with van der Waals surface area (Å²) >= 11 is 5.78. The molecule has 0 radical (unpaired) electrons. The average molecular weight is 482 g/mol. The Morgan fingerprint density at radius 2 is 2.06 bits per heavy atom. The fourth-order valence-corrected chi connectivity index (χ4v) is 4.41. The third kappa shape index (κ3) is 6.76. The van der Waals surface area contributed by atoms with Crippen LogP contribution in [0.2, 0.25) is 5.02 Å². The molecule has 2 saturated heterocycles. The number of halogens is 2. The molecule has 1 aromatic rings. The van der Waals surface area contributed by atoms with Crippen molar-refractivity contribution in [2.45, 2.75) is 32.3 Å². The molecule has 33 heavy (non-hydrogen) atoms. The number of amides is 2. The van der Waals surface area contributed by atoms with Gasteiger partial charge in [-0.2, -0.15) is 0 Å². The van der Waals surface area contributed by atoms with Crippen LogP contribution in [0.4, 0.5) is 4.39 Å². The van der Waals surface area contributed by atoms with E-state index in [4.69, 9.17) is 11.6 Å². The summed E-state index contributed by atoms with van der Waals surface area (Å²) in [6.07, 6.45) is 4.25. The molecule has 9 heteroatoms. The van der Waals surface area contributed by atoms with Crippen LogP contribution >= 0.6 is 11.6 Å². The van der Waals surface area contributed by atoms with Crippen molar-refractivity contribution < 1.29 is 24.2 Å². The molecule has 2 fully saturated rings. The SMILES string of the molecule is C[C@@]1(CO)CCN(CCCN2CCN(C(=O)C=Cc3ccc(F)c(Cl)c3)CCC2=O)C[C@@H]1O. The Morgan fingerprint density at radius 1 is 1.27 bits per heavy atom. The van der Waals surface area contributed by atoms with E-state index in [1.54, 1.807) is 21.9 Å². The minimum Gasteiger partial charge on any atom is -0.396 e. The molecule has 3 rings (SSSR count). The van der Waals surface area contributed by atoms with E-state index in [0.29, 0.717) is 38.3 Å². The zero-order chi connectivity index (χ0) is 24.0. The Kier molecular flexibility index (Phi) is 8.87. The van der Waals surface area contributed by atoms with E-state index in [-0.39, 0.29) is 29.9 Å². The first kappa shape index (κ1) is 25.6. The minimum atomic E-state index is -0.561. The number of β-amino-alcohol motifs (C(OH)–C–C–N with tert-alkyl or cyclic N) is 1. The summed E-state index contributed by atoms with van der Waals surface area (Å²) in [6, 6.07) is 4.26. The molecule has 0 aliphatic carbocycles. The number of hydrogen-bond donors (Lipinski definition) is 2. The molecule has 2 heterocycles. The van der Waals surface area contributed by atoms with Crippen LogP contribution in [0.1, 0.15) is 31.7 Å². The number of likely N-dealkylation sites (tertiary alicyclic amines) is 1. The second-order valence-corrected chi connectivity index (χ2v) is 9.60. The van der Waals surface area contributed by atoms with Gasteiger partial charge in [-0.05, 0) is 49.7 Å². The monoisotopic (exact) mass is 481 g/mol. The highest BCUT2D eigenvalue weighted by atomic mass is 35.5. The van der Waals surface area contributed by atoms with Crippen LogP contribution < -0.4 is 0 Å². The molecule has 2 aliphatic rings. The van der Waals surface area contributed by atoms with Crippen molar-refractivity contribution in [2.24, 2.45) is 5.41 Å². The zero-order valence-corrected chi connectivity index (χ0v) is 19.8. The number of benzene rings is 1. The lowest BCUT2D eigenvalue weighted by atomic mass is 9.79. The highest BCUT2D eigenvalue weighted by molar-refractivity contribution is 6.30. The number of aliphatic hydroxyl groups is 2. The van der Waals surface area contributed by atoms with E-state index in [2.05, 4.69) is 4.90 Å². The lowest BCUT2D eigenvalue weighted by molar-refractivity contribution is -0.130. The topological polar surface area (TPSA) is 84.3 Å². The molecule has 182 valence electrons. The number of rotatable bonds is 7. The van der Waals surface area contributed by atoms with E-state index in [1.807, 2.05) is 6.92 Å². The van der Waals surface area contributed by atoms with Gasteiger partial charge in [-0.3, -0.25) is 9.59 Å². The lowest BCUT2D eigenvalue weighted by Gasteiger charge is -2.42. The summed E-state index contributed by atoms with van der Waals surface area (Å²) in [5, 5.41) is 19.8. The van der Waals surface area contributed by atoms with Gasteiger partial charge in [0.1, 0.15) is 5.82 Å². The van der Waals surface area contributed by atoms with Gasteiger partial charge in [0.25, 0.3) is 0 Å². The van der Waals surface area contributed by atoms with E-state index < -0.39 is 17.3 Å². The summed E-state index contributed by atoms with van der Waals surface area (Å²) in [5.41, 5.74) is 0.189. The van der Waals surface area contributed by atoms with Crippen LogP contribution in [0.15, 0.2) is 24.3 Å². The smallest absolute Gasteiger partial charge is 0.246 e. The van der Waals surface area contributed by atoms with Gasteiger partial charge >= 0.3 is 0 Å². The average Bonchev–Trinajstić information content (AvgIpc) is 2.98. The summed E-state index contributed by atoms with van der Waals surface area (Å²) in [5.74, 6) is -0.670. The Bertz CT molecular complexity index is 883. The summed E-state index contributed by atoms with van der Waals surface area (Å²) in [6.45, 7) is 5.90. The molecule has 7 nitrogen and oxygen atoms in total. The van der Waals surface area contributed by atoms with Gasteiger partial charge in [0.05, 0.1) is 17.7 Å². The zero-order valence-electron chi connectivity index (χ0n) is 19.1. The predicted octanol–water partition coefficient (Wildman–Crippen LogP) is 2.01. The maximum absolute atomic E-state index is 13.3. The first-order valence-electron chi connectivity index (χ1n) is 11.4. The standard InChI is InChI=1S/C24H33ClFN3O4/c1-24(17-30)8-12-27(16-21(24)31)9-2-10-28-13-14-29(11-7-23(28)33)22(32)6-4-18-3-5-20(26)19(25)15-18/h3-6,15,21,30-31H,2,7-14,16-17H2,1H3/t21-,24-/m0/s1. The van der Waals surface area contributed by atoms with Crippen molar-refractivity contribution in [3.63, 3.8) is 0 Å². The molecular weight excluding hydrogens is 449 g/mol. The Hall–Kier alpha value is -2.00. The maximum Gasteiger partial charge on any atom is 0.246 e. The van der Waals surface area contributed by atoms with Gasteiger partial charge in [0, 0.05) is 50.6 Å². The molecule has 2 atom stereocenters. The molecule has 0 bridgehead atoms. The number of carbonyl (C=O) groups is 2. The van der Waals surface area contributed by atoms with Gasteiger partial charge in [0.2, 0.25) is 11.8 Å². The summed E-state index contributed by atoms with van der Waals surface area (Å²) in [7, 11) is 0. The number of hydrogen-bond acceptors (Lipinski definition) is 5. The molecule has 2 aliphatic heterocycles. The fraction of sp³-hybridized carbons (Fsp3) is 0.583. The maximum atomic E-state index is 13.3. The minimum absolute atomic E-state index is 0.00193.